The first-order valence-electron chi connectivity index (χ1n) is 3.57. The van der Waals surface area contributed by atoms with Crippen LogP contribution in [0.1, 0.15) is 11.3 Å². The number of allylic oxidation sites excluding steroid dienone is 1. The summed E-state index contributed by atoms with van der Waals surface area (Å²) < 4.78 is 8.19. The van der Waals surface area contributed by atoms with Gasteiger partial charge < -0.3 is 4.42 Å². The predicted molar refractivity (Wildman–Crippen MR) is 57.8 cm³/mol. The van der Waals surface area contributed by atoms with Gasteiger partial charge in [-0.05, 0) is 10.1 Å². The fourth-order valence-electron chi connectivity index (χ4n) is 1.02. The van der Waals surface area contributed by atoms with Gasteiger partial charge in [-0.3, -0.25) is 0 Å². The van der Waals surface area contributed by atoms with Crippen molar-refractivity contribution >= 4 is 30.8 Å². The lowest BCUT2D eigenvalue weighted by Gasteiger charge is -1.97. The number of hydrogen-bond acceptors (Lipinski definition) is 2. The highest BCUT2D eigenvalue weighted by Crippen LogP contribution is 2.17. The van der Waals surface area contributed by atoms with Gasteiger partial charge in [0.05, 0.1) is 4.43 Å². The van der Waals surface area contributed by atoms with Crippen molar-refractivity contribution in [3.63, 3.8) is 0 Å². The summed E-state index contributed by atoms with van der Waals surface area (Å²) in [4.78, 5) is 10.9. The highest BCUT2D eigenvalue weighted by Gasteiger charge is 2.02. The molecule has 0 amide bonds. The average Bonchev–Trinajstić information content (AvgIpc) is 2.28. The first-order chi connectivity index (χ1) is 5.86. The molecule has 0 bridgehead atoms. The second-order valence-corrected chi connectivity index (χ2v) is 4.77. The summed E-state index contributed by atoms with van der Waals surface area (Å²) in [6.45, 7) is 0. The zero-order chi connectivity index (χ0) is 8.39. The van der Waals surface area contributed by atoms with Crippen LogP contribution in [0.2, 0.25) is 0 Å². The Morgan fingerprint density at radius 1 is 1.42 bits per heavy atom. The summed E-state index contributed by atoms with van der Waals surface area (Å²) in [5, 5.41) is 0. The van der Waals surface area contributed by atoms with Crippen LogP contribution in [0.15, 0.2) is 27.4 Å². The van der Waals surface area contributed by atoms with Crippen molar-refractivity contribution in [1.29, 1.82) is 0 Å². The molecule has 0 atom stereocenters. The minimum atomic E-state index is -0.243. The number of rotatable bonds is 0. The second kappa shape index (κ2) is 3.35. The maximum atomic E-state index is 10.9. The fraction of sp³-hybridized carbons (Fsp3) is 0.111. The quantitative estimate of drug-likeness (QED) is 0.534. The molecule has 0 saturated carbocycles. The second-order valence-electron chi connectivity index (χ2n) is 2.41. The summed E-state index contributed by atoms with van der Waals surface area (Å²) in [6, 6.07) is 3.29. The standard InChI is InChI=1S/C9H7IO2/c11-9-4-3-7-2-1-5-10-6-8(7)12-9/h1-5H,6H2. The van der Waals surface area contributed by atoms with Gasteiger partial charge in [-0.15, -0.1) is 20.7 Å². The summed E-state index contributed by atoms with van der Waals surface area (Å²) in [7, 11) is 0. The van der Waals surface area contributed by atoms with Crippen LogP contribution >= 0.6 is 20.7 Å². The van der Waals surface area contributed by atoms with Gasteiger partial charge in [-0.2, -0.15) is 0 Å². The number of hydrogen-bond donors (Lipinski definition) is 0. The molecule has 1 aromatic rings. The van der Waals surface area contributed by atoms with E-state index in [4.69, 9.17) is 4.42 Å². The molecule has 2 nitrogen and oxygen atoms in total. The van der Waals surface area contributed by atoms with Gasteiger partial charge in [-0.25, -0.2) is 4.79 Å². The van der Waals surface area contributed by atoms with E-state index in [0.717, 1.165) is 15.8 Å². The zero-order valence-electron chi connectivity index (χ0n) is 6.29. The van der Waals surface area contributed by atoms with Crippen LogP contribution in [0.5, 0.6) is 0 Å². The fourth-order valence-corrected chi connectivity index (χ4v) is 2.78. The van der Waals surface area contributed by atoms with Crippen LogP contribution in [-0.4, -0.2) is 4.01 Å². The minimum Gasteiger partial charge on any atom is -0.426 e. The monoisotopic (exact) mass is 274 g/mol. The van der Waals surface area contributed by atoms with E-state index in [1.807, 2.05) is 18.2 Å². The molecule has 1 aromatic heterocycles. The molecule has 0 spiro atoms. The lowest BCUT2D eigenvalue weighted by Crippen LogP contribution is -1.98. The maximum Gasteiger partial charge on any atom is 0.335 e. The Labute approximate surface area is 79.7 Å². The summed E-state index contributed by atoms with van der Waals surface area (Å²) >= 11 is 0.0410. The number of halogens is 1. The van der Waals surface area contributed by atoms with Gasteiger partial charge in [0.15, 0.2) is 0 Å². The highest BCUT2D eigenvalue weighted by atomic mass is 127. The molecule has 0 unspecified atom stereocenters. The molecule has 0 radical (unpaired) electrons. The Kier molecular flexibility index (Phi) is 2.21. The van der Waals surface area contributed by atoms with E-state index in [0.29, 0.717) is 0 Å². The predicted octanol–water partition coefficient (Wildman–Crippen LogP) is 1.94. The summed E-state index contributed by atoms with van der Waals surface area (Å²) in [6.07, 6.45) is 4.03. The molecule has 1 aliphatic heterocycles. The third-order valence-corrected chi connectivity index (χ3v) is 3.64. The van der Waals surface area contributed by atoms with E-state index in [1.54, 1.807) is 0 Å². The molecule has 3 heteroatoms. The Morgan fingerprint density at radius 2 is 2.33 bits per heavy atom. The van der Waals surface area contributed by atoms with E-state index < -0.39 is 0 Å². The summed E-state index contributed by atoms with van der Waals surface area (Å²) in [5.74, 6) is 0.848. The molecule has 1 aliphatic rings. The Hall–Kier alpha value is -0.710. The van der Waals surface area contributed by atoms with Gasteiger partial charge in [0, 0.05) is 11.6 Å². The smallest absolute Gasteiger partial charge is 0.335 e. The number of fused-ring (bicyclic) bond motifs is 1. The van der Waals surface area contributed by atoms with Crippen molar-refractivity contribution in [2.24, 2.45) is 0 Å². The van der Waals surface area contributed by atoms with E-state index in [9.17, 15) is 4.79 Å². The van der Waals surface area contributed by atoms with E-state index in [2.05, 4.69) is 4.01 Å². The molecular weight excluding hydrogens is 267 g/mol. The van der Waals surface area contributed by atoms with Crippen molar-refractivity contribution in [3.8, 4) is 0 Å². The van der Waals surface area contributed by atoms with Crippen LogP contribution in [0, 0.1) is 0 Å². The van der Waals surface area contributed by atoms with Crippen LogP contribution < -0.4 is 5.63 Å². The van der Waals surface area contributed by atoms with Crippen molar-refractivity contribution in [3.05, 3.63) is 40.0 Å². The van der Waals surface area contributed by atoms with Crippen molar-refractivity contribution in [2.45, 2.75) is 4.43 Å². The topological polar surface area (TPSA) is 30.2 Å². The van der Waals surface area contributed by atoms with Crippen molar-refractivity contribution in [2.75, 3.05) is 0 Å². The molecule has 2 heterocycles. The lowest BCUT2D eigenvalue weighted by molar-refractivity contribution is 0.477. The molecule has 0 saturated heterocycles. The Bertz CT molecular complexity index is 401. The van der Waals surface area contributed by atoms with Crippen molar-refractivity contribution in [1.82, 2.24) is 0 Å². The minimum absolute atomic E-state index is 0.0410. The van der Waals surface area contributed by atoms with Crippen LogP contribution in [0.25, 0.3) is 6.08 Å². The normalized spacial score (nSPS) is 14.7. The van der Waals surface area contributed by atoms with Gasteiger partial charge in [0.1, 0.15) is 5.76 Å². The third-order valence-electron chi connectivity index (χ3n) is 1.58. The number of alkyl halides is 1. The van der Waals surface area contributed by atoms with E-state index >= 15 is 0 Å². The van der Waals surface area contributed by atoms with Crippen molar-refractivity contribution < 1.29 is 4.42 Å². The largest absolute Gasteiger partial charge is 0.426 e. The van der Waals surface area contributed by atoms with Gasteiger partial charge in [0.2, 0.25) is 0 Å². The molecule has 2 rings (SSSR count). The van der Waals surface area contributed by atoms with E-state index in [1.165, 1.54) is 6.07 Å². The Morgan fingerprint density at radius 3 is 3.25 bits per heavy atom. The van der Waals surface area contributed by atoms with Gasteiger partial charge in [0.25, 0.3) is 0 Å². The lowest BCUT2D eigenvalue weighted by atomic mass is 10.2. The van der Waals surface area contributed by atoms with E-state index in [-0.39, 0.29) is 26.4 Å². The molecule has 62 valence electrons. The average molecular weight is 274 g/mol. The van der Waals surface area contributed by atoms with Crippen LogP contribution in [0.4, 0.5) is 0 Å². The zero-order valence-corrected chi connectivity index (χ0v) is 8.45. The molecule has 0 aromatic carbocycles. The molecule has 0 N–H and O–H groups in total. The Balaban J connectivity index is 2.60. The third kappa shape index (κ3) is 1.55. The summed E-state index contributed by atoms with van der Waals surface area (Å²) in [5.41, 5.74) is 0.802. The first kappa shape index (κ1) is 7.91. The van der Waals surface area contributed by atoms with Gasteiger partial charge in [-0.1, -0.05) is 12.2 Å². The van der Waals surface area contributed by atoms with Gasteiger partial charge >= 0.3 is 5.63 Å². The first-order valence-corrected chi connectivity index (χ1v) is 6.34. The molecule has 0 fully saturated rings. The molecule has 0 aliphatic carbocycles. The van der Waals surface area contributed by atoms with Crippen LogP contribution in [0.3, 0.4) is 0 Å². The molecular formula is C9H7IO2. The SMILES string of the molecule is O=c1ccc2c(o1)CI=CC=C2. The maximum absolute atomic E-state index is 10.9. The molecule has 12 heavy (non-hydrogen) atoms. The van der Waals surface area contributed by atoms with Crippen LogP contribution in [-0.2, 0) is 4.43 Å². The highest BCUT2D eigenvalue weighted by molar-refractivity contribution is 14.2.